The number of unbranched alkanes of at least 4 members (excludes halogenated alkanes) is 3. The van der Waals surface area contributed by atoms with Crippen LogP contribution in [0.25, 0.3) is 0 Å². The summed E-state index contributed by atoms with van der Waals surface area (Å²) in [7, 11) is -3.94. The highest BCUT2D eigenvalue weighted by Crippen LogP contribution is 2.63. The Balaban J connectivity index is 1.60. The van der Waals surface area contributed by atoms with Crippen LogP contribution < -0.4 is 9.83 Å². The number of benzene rings is 1. The van der Waals surface area contributed by atoms with Gasteiger partial charge in [-0.1, -0.05) is 45.2 Å². The highest BCUT2D eigenvalue weighted by Gasteiger charge is 2.65. The molecule has 0 spiro atoms. The van der Waals surface area contributed by atoms with E-state index in [1.807, 2.05) is 18.2 Å². The molecule has 2 fully saturated rings. The molecule has 1 N–H and O–H groups in total. The van der Waals surface area contributed by atoms with Crippen molar-refractivity contribution in [2.24, 2.45) is 11.8 Å². The monoisotopic (exact) mass is 393 g/mol. The highest BCUT2D eigenvalue weighted by atomic mass is 32.2. The van der Waals surface area contributed by atoms with Gasteiger partial charge in [-0.2, -0.15) is 0 Å². The molecule has 1 aliphatic carbocycles. The third-order valence-electron chi connectivity index (χ3n) is 6.22. The molecule has 3 rings (SSSR count). The van der Waals surface area contributed by atoms with Gasteiger partial charge in [0.05, 0.1) is 5.97 Å². The fraction of sp³-hybridized carbons (Fsp3) is 0.650. The molecule has 0 aromatic heterocycles. The van der Waals surface area contributed by atoms with Gasteiger partial charge in [0.2, 0.25) is 10.0 Å². The number of hydrogen-bond acceptors (Lipinski definition) is 5. The molecule has 0 radical (unpaired) electrons. The Morgan fingerprint density at radius 3 is 2.59 bits per heavy atom. The second-order valence-electron chi connectivity index (χ2n) is 8.13. The van der Waals surface area contributed by atoms with Crippen molar-refractivity contribution < 1.29 is 18.3 Å². The number of carboxylic acid groups (broad SMARTS) is 1. The van der Waals surface area contributed by atoms with Crippen molar-refractivity contribution in [1.29, 1.82) is 0 Å². The van der Waals surface area contributed by atoms with Crippen molar-refractivity contribution in [3.8, 4) is 0 Å². The summed E-state index contributed by atoms with van der Waals surface area (Å²) in [5, 5.41) is 10.6. The van der Waals surface area contributed by atoms with Gasteiger partial charge in [-0.25, -0.2) is 8.42 Å². The second kappa shape index (κ2) is 7.80. The minimum absolute atomic E-state index is 0.0791. The second-order valence-corrected chi connectivity index (χ2v) is 9.85. The predicted molar refractivity (Wildman–Crippen MR) is 104 cm³/mol. The van der Waals surface area contributed by atoms with E-state index in [0.717, 1.165) is 18.7 Å². The van der Waals surface area contributed by atoms with E-state index in [4.69, 9.17) is 0 Å². The lowest BCUT2D eigenvalue weighted by Crippen LogP contribution is -2.33. The number of fused-ring (bicyclic) bond motifs is 1. The van der Waals surface area contributed by atoms with Gasteiger partial charge in [-0.15, -0.1) is 0 Å². The van der Waals surface area contributed by atoms with Crippen molar-refractivity contribution in [2.75, 3.05) is 30.1 Å². The summed E-state index contributed by atoms with van der Waals surface area (Å²) in [4.78, 5) is 13.1. The fourth-order valence-corrected chi connectivity index (χ4v) is 5.49. The first-order valence-corrected chi connectivity index (χ1v) is 11.4. The van der Waals surface area contributed by atoms with Crippen LogP contribution in [-0.2, 0) is 20.2 Å². The number of piperidine rings is 1. The van der Waals surface area contributed by atoms with E-state index in [1.54, 1.807) is 6.07 Å². The van der Waals surface area contributed by atoms with Crippen molar-refractivity contribution >= 4 is 21.7 Å². The molecule has 2 unspecified atom stereocenters. The standard InChI is InChI=1S/C20H30N2O4S/c1-3-4-5-6-10-22-12-17-18(13-22)20(17,2)15-8-7-9-16(11-15)21-27(25,26)14-19(23)24/h7-9,11,17-18,21H,3-6,10,12-14H2,1-2H3,(H,23,24)/p-1. The Morgan fingerprint density at radius 2 is 1.96 bits per heavy atom. The average molecular weight is 394 g/mol. The number of carbonyl (C=O) groups is 1. The summed E-state index contributed by atoms with van der Waals surface area (Å²) >= 11 is 0. The molecule has 1 heterocycles. The van der Waals surface area contributed by atoms with Crippen LogP contribution in [0.5, 0.6) is 0 Å². The SMILES string of the molecule is CCCCCCN1CC2C(C1)C2(C)c1cccc(NS(=O)(=O)CC(=O)[O-])c1. The number of likely N-dealkylation sites (tertiary alicyclic amines) is 1. The first kappa shape index (κ1) is 20.1. The van der Waals surface area contributed by atoms with Crippen molar-refractivity contribution in [3.63, 3.8) is 0 Å². The zero-order chi connectivity index (χ0) is 19.7. The van der Waals surface area contributed by atoms with Crippen molar-refractivity contribution in [2.45, 2.75) is 44.9 Å². The Hall–Kier alpha value is -1.60. The van der Waals surface area contributed by atoms with E-state index in [2.05, 4.69) is 23.5 Å². The van der Waals surface area contributed by atoms with Crippen LogP contribution in [0, 0.1) is 11.8 Å². The molecular formula is C20H29N2O4S-. The number of nitrogens with zero attached hydrogens (tertiary/aromatic N) is 1. The maximum Gasteiger partial charge on any atom is 0.238 e. The molecule has 0 amide bonds. The first-order valence-electron chi connectivity index (χ1n) is 9.79. The molecule has 7 heteroatoms. The zero-order valence-corrected chi connectivity index (χ0v) is 16.9. The van der Waals surface area contributed by atoms with E-state index in [-0.39, 0.29) is 5.41 Å². The molecular weight excluding hydrogens is 364 g/mol. The van der Waals surface area contributed by atoms with Crippen LogP contribution in [0.4, 0.5) is 5.69 Å². The van der Waals surface area contributed by atoms with Crippen LogP contribution >= 0.6 is 0 Å². The molecule has 1 aromatic carbocycles. The molecule has 1 aromatic rings. The molecule has 2 atom stereocenters. The lowest BCUT2D eigenvalue weighted by atomic mass is 9.92. The van der Waals surface area contributed by atoms with Crippen molar-refractivity contribution in [1.82, 2.24) is 4.90 Å². The van der Waals surface area contributed by atoms with E-state index < -0.39 is 21.7 Å². The maximum atomic E-state index is 11.8. The molecule has 2 aliphatic rings. The minimum atomic E-state index is -3.94. The number of rotatable bonds is 10. The smallest absolute Gasteiger partial charge is 0.238 e. The van der Waals surface area contributed by atoms with Gasteiger partial charge in [0.1, 0.15) is 5.75 Å². The highest BCUT2D eigenvalue weighted by molar-refractivity contribution is 7.93. The van der Waals surface area contributed by atoms with E-state index in [0.29, 0.717) is 17.5 Å². The normalized spacial score (nSPS) is 27.3. The summed E-state index contributed by atoms with van der Waals surface area (Å²) in [6.07, 6.45) is 5.12. The lowest BCUT2D eigenvalue weighted by Gasteiger charge is -2.24. The van der Waals surface area contributed by atoms with Crippen LogP contribution in [0.2, 0.25) is 0 Å². The molecule has 27 heavy (non-hydrogen) atoms. The van der Waals surface area contributed by atoms with Gasteiger partial charge >= 0.3 is 0 Å². The fourth-order valence-electron chi connectivity index (χ4n) is 4.62. The van der Waals surface area contributed by atoms with Gasteiger partial charge in [-0.3, -0.25) is 4.72 Å². The predicted octanol–water partition coefficient (Wildman–Crippen LogP) is 1.58. The summed E-state index contributed by atoms with van der Waals surface area (Å²) < 4.78 is 26.0. The third-order valence-corrected chi connectivity index (χ3v) is 7.38. The average Bonchev–Trinajstić information content (AvgIpc) is 2.93. The van der Waals surface area contributed by atoms with Gasteiger partial charge in [0, 0.05) is 24.2 Å². The number of hydrogen-bond donors (Lipinski definition) is 1. The number of aliphatic carboxylic acids is 1. The number of carboxylic acids is 1. The summed E-state index contributed by atoms with van der Waals surface area (Å²) in [5.41, 5.74) is 1.61. The number of nitrogens with one attached hydrogen (secondary N) is 1. The van der Waals surface area contributed by atoms with E-state index in [9.17, 15) is 18.3 Å². The maximum absolute atomic E-state index is 11.8. The first-order chi connectivity index (χ1) is 12.8. The van der Waals surface area contributed by atoms with E-state index >= 15 is 0 Å². The molecule has 6 nitrogen and oxygen atoms in total. The van der Waals surface area contributed by atoms with Crippen molar-refractivity contribution in [3.05, 3.63) is 29.8 Å². The van der Waals surface area contributed by atoms with Gasteiger partial charge in [0.25, 0.3) is 0 Å². The molecule has 0 bridgehead atoms. The van der Waals surface area contributed by atoms with Gasteiger partial charge in [0.15, 0.2) is 0 Å². The van der Waals surface area contributed by atoms with Crippen LogP contribution in [-0.4, -0.2) is 44.7 Å². The lowest BCUT2D eigenvalue weighted by molar-refractivity contribution is -0.301. The Labute approximate surface area is 162 Å². The third kappa shape index (κ3) is 4.46. The number of anilines is 1. The summed E-state index contributed by atoms with van der Waals surface area (Å²) in [5.74, 6) is -1.42. The largest absolute Gasteiger partial charge is 0.549 e. The molecule has 1 saturated heterocycles. The van der Waals surface area contributed by atoms with Gasteiger partial charge < -0.3 is 14.8 Å². The Morgan fingerprint density at radius 1 is 1.26 bits per heavy atom. The van der Waals surface area contributed by atoms with E-state index in [1.165, 1.54) is 32.2 Å². The molecule has 150 valence electrons. The summed E-state index contributed by atoms with van der Waals surface area (Å²) in [6.45, 7) is 7.86. The van der Waals surface area contributed by atoms with Crippen LogP contribution in [0.15, 0.2) is 24.3 Å². The summed E-state index contributed by atoms with van der Waals surface area (Å²) in [6, 6.07) is 7.36. The quantitative estimate of drug-likeness (QED) is 0.610. The molecule has 1 saturated carbocycles. The van der Waals surface area contributed by atoms with Crippen LogP contribution in [0.3, 0.4) is 0 Å². The minimum Gasteiger partial charge on any atom is -0.549 e. The number of sulfonamides is 1. The zero-order valence-electron chi connectivity index (χ0n) is 16.1. The topological polar surface area (TPSA) is 89.5 Å². The van der Waals surface area contributed by atoms with Crippen LogP contribution in [0.1, 0.15) is 45.1 Å². The Kier molecular flexibility index (Phi) is 5.82. The molecule has 1 aliphatic heterocycles. The van der Waals surface area contributed by atoms with Gasteiger partial charge in [-0.05, 0) is 42.5 Å². The number of carbonyl (C=O) groups excluding carboxylic acids is 1. The Bertz CT molecular complexity index is 781.